The summed E-state index contributed by atoms with van der Waals surface area (Å²) in [6.07, 6.45) is 1.94. The molecule has 2 aromatic carbocycles. The Labute approximate surface area is 210 Å². The molecule has 37 heavy (non-hydrogen) atoms. The second kappa shape index (κ2) is 8.18. The Kier molecular flexibility index (Phi) is 5.25. The highest BCUT2D eigenvalue weighted by Crippen LogP contribution is 2.50. The summed E-state index contributed by atoms with van der Waals surface area (Å²) in [5, 5.41) is 0. The summed E-state index contributed by atoms with van der Waals surface area (Å²) in [6.45, 7) is -0.116. The van der Waals surface area contributed by atoms with Gasteiger partial charge < -0.3 is 18.8 Å². The van der Waals surface area contributed by atoms with Gasteiger partial charge >= 0.3 is 6.61 Å². The van der Waals surface area contributed by atoms with Crippen LogP contribution >= 0.6 is 7.14 Å². The van der Waals surface area contributed by atoms with E-state index in [9.17, 15) is 22.5 Å². The van der Waals surface area contributed by atoms with E-state index in [1.165, 1.54) is 37.7 Å². The molecule has 0 radical (unpaired) electrons. The van der Waals surface area contributed by atoms with Gasteiger partial charge in [-0.1, -0.05) is 12.1 Å². The van der Waals surface area contributed by atoms with Crippen LogP contribution in [0.25, 0.3) is 22.2 Å². The number of pyridine rings is 1. The molecule has 2 aliphatic rings. The lowest BCUT2D eigenvalue weighted by molar-refractivity contribution is -0.0507. The van der Waals surface area contributed by atoms with Crippen LogP contribution in [-0.2, 0) is 4.57 Å². The predicted molar refractivity (Wildman–Crippen MR) is 133 cm³/mol. The van der Waals surface area contributed by atoms with Crippen molar-refractivity contribution in [2.24, 2.45) is 0 Å². The van der Waals surface area contributed by atoms with Crippen molar-refractivity contribution < 1.29 is 27.3 Å². The molecular formula is C26H22F3N4O3P. The van der Waals surface area contributed by atoms with Crippen molar-refractivity contribution in [1.29, 1.82) is 0 Å². The van der Waals surface area contributed by atoms with Crippen LogP contribution in [0.1, 0.15) is 40.3 Å². The highest BCUT2D eigenvalue weighted by atomic mass is 31.2. The van der Waals surface area contributed by atoms with Crippen molar-refractivity contribution in [3.63, 3.8) is 0 Å². The lowest BCUT2D eigenvalue weighted by Crippen LogP contribution is -2.30. The first-order chi connectivity index (χ1) is 17.5. The first-order valence-corrected chi connectivity index (χ1v) is 14.2. The molecule has 2 aromatic heterocycles. The lowest BCUT2D eigenvalue weighted by Gasteiger charge is -2.24. The molecule has 2 bridgehead atoms. The number of aromatic nitrogens is 3. The summed E-state index contributed by atoms with van der Waals surface area (Å²) in [5.41, 5.74) is 3.18. The molecule has 190 valence electrons. The SMILES string of the molecule is CN1C(=O)c2cccc(OC(F)F)c2[C@H]2C[C@@H]1c1nc3ccc(-c4cnc(P(C)(C)=O)c(F)c4)cc3n12. The minimum Gasteiger partial charge on any atom is -0.434 e. The fraction of sp³-hybridized carbons (Fsp3) is 0.269. The number of carbonyl (C=O) groups is 1. The topological polar surface area (TPSA) is 77.3 Å². The minimum absolute atomic E-state index is 0.0452. The van der Waals surface area contributed by atoms with Crippen LogP contribution in [0.15, 0.2) is 48.7 Å². The highest BCUT2D eigenvalue weighted by Gasteiger charge is 2.45. The van der Waals surface area contributed by atoms with Crippen molar-refractivity contribution in [3.8, 4) is 16.9 Å². The first-order valence-electron chi connectivity index (χ1n) is 11.6. The van der Waals surface area contributed by atoms with Crippen molar-refractivity contribution >= 4 is 29.5 Å². The van der Waals surface area contributed by atoms with Crippen LogP contribution in [0.3, 0.4) is 0 Å². The van der Waals surface area contributed by atoms with E-state index >= 15 is 0 Å². The van der Waals surface area contributed by atoms with Crippen LogP contribution in [0, 0.1) is 5.82 Å². The quantitative estimate of drug-likeness (QED) is 0.342. The van der Waals surface area contributed by atoms with Crippen LogP contribution in [-0.4, -0.2) is 52.3 Å². The smallest absolute Gasteiger partial charge is 0.387 e. The number of nitrogens with zero attached hydrogens (tertiary/aromatic N) is 4. The third-order valence-electron chi connectivity index (χ3n) is 7.07. The Balaban J connectivity index is 1.54. The molecule has 0 aliphatic carbocycles. The van der Waals surface area contributed by atoms with Gasteiger partial charge in [0.05, 0.1) is 23.1 Å². The summed E-state index contributed by atoms with van der Waals surface area (Å²) in [7, 11) is -1.20. The largest absolute Gasteiger partial charge is 0.434 e. The van der Waals surface area contributed by atoms with Gasteiger partial charge in [0, 0.05) is 36.4 Å². The fourth-order valence-electron chi connectivity index (χ4n) is 5.44. The zero-order chi connectivity index (χ0) is 26.2. The van der Waals surface area contributed by atoms with Crippen LogP contribution in [0.2, 0.25) is 0 Å². The van der Waals surface area contributed by atoms with Gasteiger partial charge in [-0.15, -0.1) is 0 Å². The second-order valence-electron chi connectivity index (χ2n) is 9.70. The van der Waals surface area contributed by atoms with Gasteiger partial charge in [0.1, 0.15) is 24.2 Å². The van der Waals surface area contributed by atoms with Crippen LogP contribution in [0.5, 0.6) is 5.75 Å². The molecule has 0 unspecified atom stereocenters. The van der Waals surface area contributed by atoms with E-state index in [4.69, 9.17) is 9.72 Å². The molecule has 0 fully saturated rings. The Morgan fingerprint density at radius 2 is 1.89 bits per heavy atom. The Morgan fingerprint density at radius 3 is 2.59 bits per heavy atom. The number of fused-ring (bicyclic) bond motifs is 9. The number of alkyl halides is 2. The van der Waals surface area contributed by atoms with Gasteiger partial charge in [-0.25, -0.2) is 14.4 Å². The maximum absolute atomic E-state index is 14.8. The van der Waals surface area contributed by atoms with Crippen molar-refractivity contribution in [2.45, 2.75) is 25.1 Å². The molecule has 2 aliphatic heterocycles. The van der Waals surface area contributed by atoms with Gasteiger partial charge in [0.2, 0.25) is 0 Å². The molecule has 2 atom stereocenters. The summed E-state index contributed by atoms with van der Waals surface area (Å²) < 4.78 is 60.4. The number of rotatable bonds is 4. The van der Waals surface area contributed by atoms with Crippen LogP contribution < -0.4 is 10.2 Å². The van der Waals surface area contributed by atoms with Gasteiger partial charge in [-0.2, -0.15) is 8.78 Å². The summed E-state index contributed by atoms with van der Waals surface area (Å²) in [4.78, 5) is 23.7. The normalized spacial score (nSPS) is 18.8. The molecular weight excluding hydrogens is 504 g/mol. The highest BCUT2D eigenvalue weighted by molar-refractivity contribution is 7.69. The average Bonchev–Trinajstić information content (AvgIpc) is 3.35. The zero-order valence-corrected chi connectivity index (χ0v) is 21.0. The molecule has 1 amide bonds. The Morgan fingerprint density at radius 1 is 1.11 bits per heavy atom. The van der Waals surface area contributed by atoms with Crippen molar-refractivity contribution in [3.05, 3.63) is 71.4 Å². The number of benzene rings is 2. The number of hydrogen-bond acceptors (Lipinski definition) is 5. The number of ether oxygens (including phenoxy) is 1. The number of imidazole rings is 1. The van der Waals surface area contributed by atoms with Crippen molar-refractivity contribution in [2.75, 3.05) is 20.4 Å². The zero-order valence-electron chi connectivity index (χ0n) is 20.2. The Hall–Kier alpha value is -3.65. The molecule has 11 heteroatoms. The van der Waals surface area contributed by atoms with Gasteiger partial charge in [0.15, 0.2) is 5.82 Å². The molecule has 4 aromatic rings. The van der Waals surface area contributed by atoms with E-state index < -0.39 is 25.6 Å². The van der Waals surface area contributed by atoms with E-state index in [0.29, 0.717) is 45.5 Å². The maximum Gasteiger partial charge on any atom is 0.387 e. The van der Waals surface area contributed by atoms with E-state index in [1.54, 1.807) is 30.1 Å². The van der Waals surface area contributed by atoms with Crippen molar-refractivity contribution in [1.82, 2.24) is 19.4 Å². The van der Waals surface area contributed by atoms with E-state index in [-0.39, 0.29) is 23.1 Å². The minimum atomic E-state index is -3.04. The summed E-state index contributed by atoms with van der Waals surface area (Å²) in [5.74, 6) is -0.328. The average molecular weight is 526 g/mol. The van der Waals surface area contributed by atoms with E-state index in [2.05, 4.69) is 4.98 Å². The number of hydrogen-bond donors (Lipinski definition) is 0. The molecule has 0 spiro atoms. The van der Waals surface area contributed by atoms with E-state index in [0.717, 1.165) is 0 Å². The van der Waals surface area contributed by atoms with Gasteiger partial charge in [-0.05, 0) is 49.2 Å². The molecule has 0 saturated heterocycles. The predicted octanol–water partition coefficient (Wildman–Crippen LogP) is 5.21. The first kappa shape index (κ1) is 23.7. The fourth-order valence-corrected chi connectivity index (χ4v) is 6.36. The monoisotopic (exact) mass is 526 g/mol. The number of halogens is 3. The molecule has 6 rings (SSSR count). The maximum atomic E-state index is 14.8. The molecule has 7 nitrogen and oxygen atoms in total. The molecule has 0 N–H and O–H groups in total. The Bertz CT molecular complexity index is 1650. The van der Waals surface area contributed by atoms with Gasteiger partial charge in [0.25, 0.3) is 5.91 Å². The number of carbonyl (C=O) groups excluding carboxylic acids is 1. The number of amides is 1. The van der Waals surface area contributed by atoms with Crippen LogP contribution in [0.4, 0.5) is 13.2 Å². The third-order valence-corrected chi connectivity index (χ3v) is 8.42. The van der Waals surface area contributed by atoms with Gasteiger partial charge in [-0.3, -0.25) is 4.79 Å². The summed E-state index contributed by atoms with van der Waals surface area (Å²) >= 11 is 0. The standard InChI is InChI=1S/C26H22F3N4O3P/c1-32-20-11-19(22-15(25(32)34)5-4-6-21(22)36-26(28)29)33-18-10-13(7-8-17(18)31-23(20)33)14-9-16(27)24(30-12-14)37(2,3)35/h4-10,12,19-20,26H,11H2,1-3H3/t19-,20-/m1/s1. The van der Waals surface area contributed by atoms with E-state index in [1.807, 2.05) is 10.6 Å². The second-order valence-corrected chi connectivity index (χ2v) is 12.8. The lowest BCUT2D eigenvalue weighted by atomic mass is 9.97. The third kappa shape index (κ3) is 3.65. The summed E-state index contributed by atoms with van der Waals surface area (Å²) in [6, 6.07) is 10.5. The molecule has 4 heterocycles. The molecule has 0 saturated carbocycles.